The molecule has 2 amide bonds. The molecule has 0 bridgehead atoms. The zero-order chi connectivity index (χ0) is 18.5. The van der Waals surface area contributed by atoms with E-state index in [1.54, 1.807) is 4.90 Å². The van der Waals surface area contributed by atoms with Gasteiger partial charge in [-0.2, -0.15) is 0 Å². The summed E-state index contributed by atoms with van der Waals surface area (Å²) in [6.45, 7) is 8.40. The van der Waals surface area contributed by atoms with Gasteiger partial charge < -0.3 is 15.1 Å². The number of nitrogens with zero attached hydrogens (tertiary/aromatic N) is 3. The van der Waals surface area contributed by atoms with E-state index in [0.717, 1.165) is 44.8 Å². The summed E-state index contributed by atoms with van der Waals surface area (Å²) in [5.74, 6) is -0.753. The number of amides is 2. The molecule has 0 spiro atoms. The van der Waals surface area contributed by atoms with Crippen molar-refractivity contribution >= 4 is 17.5 Å². The molecule has 2 fully saturated rings. The highest BCUT2D eigenvalue weighted by atomic mass is 16.2. The number of carbonyl (C=O) groups is 2. The van der Waals surface area contributed by atoms with Gasteiger partial charge >= 0.3 is 0 Å². The summed E-state index contributed by atoms with van der Waals surface area (Å²) in [5, 5.41) is 2.96. The summed E-state index contributed by atoms with van der Waals surface area (Å²) in [5.41, 5.74) is 2.14. The third-order valence-electron chi connectivity index (χ3n) is 5.50. The molecule has 2 heterocycles. The van der Waals surface area contributed by atoms with Crippen LogP contribution in [0.15, 0.2) is 24.3 Å². The lowest BCUT2D eigenvalue weighted by Crippen LogP contribution is -2.47. The lowest BCUT2D eigenvalue weighted by molar-refractivity contribution is -0.132. The number of hydrogen-bond donors (Lipinski definition) is 1. The molecular weight excluding hydrogens is 328 g/mol. The van der Waals surface area contributed by atoms with E-state index in [-0.39, 0.29) is 11.8 Å². The number of rotatable bonds is 6. The van der Waals surface area contributed by atoms with E-state index in [0.29, 0.717) is 19.5 Å². The van der Waals surface area contributed by atoms with E-state index in [4.69, 9.17) is 0 Å². The first kappa shape index (κ1) is 18.9. The summed E-state index contributed by atoms with van der Waals surface area (Å²) >= 11 is 0. The molecule has 1 aromatic rings. The summed E-state index contributed by atoms with van der Waals surface area (Å²) < 4.78 is 0. The fourth-order valence-electron chi connectivity index (χ4n) is 3.62. The first-order chi connectivity index (χ1) is 12.6. The average Bonchev–Trinajstić information content (AvgIpc) is 3.05. The van der Waals surface area contributed by atoms with Crippen molar-refractivity contribution in [2.24, 2.45) is 5.92 Å². The molecule has 6 heteroatoms. The number of likely N-dealkylation sites (N-methyl/N-ethyl adjacent to an activating group) is 1. The normalized spacial score (nSPS) is 22.0. The van der Waals surface area contributed by atoms with E-state index < -0.39 is 5.92 Å². The van der Waals surface area contributed by atoms with Crippen molar-refractivity contribution < 1.29 is 9.59 Å². The van der Waals surface area contributed by atoms with E-state index in [1.807, 2.05) is 24.3 Å². The van der Waals surface area contributed by atoms with Crippen LogP contribution >= 0.6 is 0 Å². The number of benzene rings is 1. The molecule has 2 saturated heterocycles. The van der Waals surface area contributed by atoms with E-state index in [2.05, 4.69) is 29.1 Å². The predicted octanol–water partition coefficient (Wildman–Crippen LogP) is 0.966. The van der Waals surface area contributed by atoms with Crippen molar-refractivity contribution in [3.05, 3.63) is 29.8 Å². The van der Waals surface area contributed by atoms with Gasteiger partial charge in [0.2, 0.25) is 11.8 Å². The Morgan fingerprint density at radius 2 is 1.81 bits per heavy atom. The Morgan fingerprint density at radius 3 is 2.46 bits per heavy atom. The van der Waals surface area contributed by atoms with Crippen LogP contribution in [0.5, 0.6) is 0 Å². The summed E-state index contributed by atoms with van der Waals surface area (Å²) in [7, 11) is 2.13. The molecule has 6 nitrogen and oxygen atoms in total. The van der Waals surface area contributed by atoms with Crippen LogP contribution in [0, 0.1) is 5.92 Å². The van der Waals surface area contributed by atoms with Crippen LogP contribution in [-0.2, 0) is 16.0 Å². The van der Waals surface area contributed by atoms with Gasteiger partial charge in [-0.1, -0.05) is 19.1 Å². The minimum atomic E-state index is -0.548. The largest absolute Gasteiger partial charge is 0.354 e. The molecular formula is C20H30N4O2. The van der Waals surface area contributed by atoms with Crippen LogP contribution in [0.2, 0.25) is 0 Å². The topological polar surface area (TPSA) is 55.9 Å². The summed E-state index contributed by atoms with van der Waals surface area (Å²) in [6, 6.07) is 8.05. The van der Waals surface area contributed by atoms with Crippen LogP contribution in [0.1, 0.15) is 18.9 Å². The Kier molecular flexibility index (Phi) is 6.27. The highest BCUT2D eigenvalue weighted by Gasteiger charge is 2.37. The van der Waals surface area contributed by atoms with Gasteiger partial charge in [-0.3, -0.25) is 14.5 Å². The van der Waals surface area contributed by atoms with Crippen LogP contribution in [0.3, 0.4) is 0 Å². The Balaban J connectivity index is 1.47. The van der Waals surface area contributed by atoms with Crippen molar-refractivity contribution in [2.45, 2.75) is 19.8 Å². The fraction of sp³-hybridized carbons (Fsp3) is 0.600. The molecule has 2 aliphatic heterocycles. The van der Waals surface area contributed by atoms with Gasteiger partial charge in [-0.05, 0) is 37.6 Å². The summed E-state index contributed by atoms with van der Waals surface area (Å²) in [6.07, 6.45) is 1.57. The van der Waals surface area contributed by atoms with E-state index in [9.17, 15) is 9.59 Å². The number of hydrogen-bond acceptors (Lipinski definition) is 4. The van der Waals surface area contributed by atoms with Crippen molar-refractivity contribution in [3.8, 4) is 0 Å². The Bertz CT molecular complexity index is 623. The Hall–Kier alpha value is -1.92. The molecule has 1 unspecified atom stereocenters. The molecule has 1 aromatic carbocycles. The van der Waals surface area contributed by atoms with E-state index >= 15 is 0 Å². The number of carbonyl (C=O) groups excluding carboxylic acids is 2. The van der Waals surface area contributed by atoms with Gasteiger partial charge in [0.05, 0.1) is 0 Å². The quantitative estimate of drug-likeness (QED) is 0.770. The maximum absolute atomic E-state index is 12.7. The van der Waals surface area contributed by atoms with Gasteiger partial charge in [0.25, 0.3) is 0 Å². The third kappa shape index (κ3) is 4.43. The van der Waals surface area contributed by atoms with Crippen LogP contribution in [0.4, 0.5) is 5.69 Å². The monoisotopic (exact) mass is 358 g/mol. The molecule has 3 rings (SSSR count). The SMILES string of the molecule is CCc1ccc(N2CCC(C(=O)NCCN3CCN(C)CC3)C2=O)cc1. The minimum Gasteiger partial charge on any atom is -0.354 e. The molecule has 0 saturated carbocycles. The molecule has 0 radical (unpaired) electrons. The molecule has 0 aromatic heterocycles. The van der Waals surface area contributed by atoms with Gasteiger partial charge in [0, 0.05) is 51.5 Å². The average molecular weight is 358 g/mol. The maximum atomic E-state index is 12.7. The number of anilines is 1. The Morgan fingerprint density at radius 1 is 1.12 bits per heavy atom. The lowest BCUT2D eigenvalue weighted by Gasteiger charge is -2.32. The molecule has 1 N–H and O–H groups in total. The summed E-state index contributed by atoms with van der Waals surface area (Å²) in [4.78, 5) is 31.5. The van der Waals surface area contributed by atoms with Crippen molar-refractivity contribution in [2.75, 3.05) is 57.8 Å². The molecule has 1 atom stereocenters. The van der Waals surface area contributed by atoms with Crippen molar-refractivity contribution in [1.82, 2.24) is 15.1 Å². The number of nitrogens with one attached hydrogen (secondary N) is 1. The predicted molar refractivity (Wildman–Crippen MR) is 103 cm³/mol. The third-order valence-corrected chi connectivity index (χ3v) is 5.50. The second-order valence-electron chi connectivity index (χ2n) is 7.29. The standard InChI is InChI=1S/C20H30N4O2/c1-3-16-4-6-17(7-5-16)24-10-8-18(20(24)26)19(25)21-9-11-23-14-12-22(2)13-15-23/h4-7,18H,3,8-15H2,1-2H3,(H,21,25). The van der Waals surface area contributed by atoms with Crippen molar-refractivity contribution in [1.29, 1.82) is 0 Å². The van der Waals surface area contributed by atoms with Gasteiger partial charge in [-0.25, -0.2) is 0 Å². The minimum absolute atomic E-state index is 0.0775. The second kappa shape index (κ2) is 8.64. The Labute approximate surface area is 156 Å². The van der Waals surface area contributed by atoms with Gasteiger partial charge in [-0.15, -0.1) is 0 Å². The number of aryl methyl sites for hydroxylation is 1. The zero-order valence-electron chi connectivity index (χ0n) is 15.9. The lowest BCUT2D eigenvalue weighted by atomic mass is 10.1. The molecule has 2 aliphatic rings. The number of piperazine rings is 1. The van der Waals surface area contributed by atoms with Crippen LogP contribution in [0.25, 0.3) is 0 Å². The first-order valence-electron chi connectivity index (χ1n) is 9.67. The van der Waals surface area contributed by atoms with Crippen LogP contribution < -0.4 is 10.2 Å². The smallest absolute Gasteiger partial charge is 0.239 e. The molecule has 142 valence electrons. The van der Waals surface area contributed by atoms with E-state index in [1.165, 1.54) is 5.56 Å². The zero-order valence-corrected chi connectivity index (χ0v) is 15.9. The highest BCUT2D eigenvalue weighted by Crippen LogP contribution is 2.25. The van der Waals surface area contributed by atoms with Gasteiger partial charge in [0.1, 0.15) is 5.92 Å². The van der Waals surface area contributed by atoms with Crippen molar-refractivity contribution in [3.63, 3.8) is 0 Å². The molecule has 26 heavy (non-hydrogen) atoms. The molecule has 0 aliphatic carbocycles. The highest BCUT2D eigenvalue weighted by molar-refractivity contribution is 6.09. The maximum Gasteiger partial charge on any atom is 0.239 e. The second-order valence-corrected chi connectivity index (χ2v) is 7.29. The van der Waals surface area contributed by atoms with Crippen LogP contribution in [-0.4, -0.2) is 74.5 Å². The van der Waals surface area contributed by atoms with Gasteiger partial charge in [0.15, 0.2) is 0 Å². The first-order valence-corrected chi connectivity index (χ1v) is 9.67. The fourth-order valence-corrected chi connectivity index (χ4v) is 3.62.